The quantitative estimate of drug-likeness (QED) is 0.394. The van der Waals surface area contributed by atoms with Crippen LogP contribution in [0.5, 0.6) is 0 Å². The van der Waals surface area contributed by atoms with Crippen molar-refractivity contribution in [2.24, 2.45) is 5.10 Å². The summed E-state index contributed by atoms with van der Waals surface area (Å²) in [4.78, 5) is 3.21. The highest BCUT2D eigenvalue weighted by Gasteiger charge is 1.99. The van der Waals surface area contributed by atoms with E-state index in [0.717, 1.165) is 16.5 Å². The standard InChI is InChI=1S/C17H16N4S/c22-17(19-10-13-6-2-1-3-7-13)21-20-12-14-11-18-16-9-5-4-8-15(14)16/h1-9,11-12,18H,10H2,(H2,19,21,22). The number of aromatic amines is 1. The van der Waals surface area contributed by atoms with E-state index >= 15 is 0 Å². The minimum Gasteiger partial charge on any atom is -0.361 e. The number of rotatable bonds is 4. The van der Waals surface area contributed by atoms with Crippen LogP contribution in [-0.4, -0.2) is 16.3 Å². The SMILES string of the molecule is S=C(NCc1ccccc1)NN=Cc1c[nH]c2ccccc12. The summed E-state index contributed by atoms with van der Waals surface area (Å²) in [6.07, 6.45) is 3.69. The third kappa shape index (κ3) is 3.51. The van der Waals surface area contributed by atoms with E-state index in [0.29, 0.717) is 11.7 Å². The van der Waals surface area contributed by atoms with Gasteiger partial charge in [-0.05, 0) is 23.8 Å². The summed E-state index contributed by atoms with van der Waals surface area (Å²) in [5.41, 5.74) is 6.12. The molecule has 0 fully saturated rings. The molecule has 0 atom stereocenters. The molecular weight excluding hydrogens is 292 g/mol. The predicted octanol–water partition coefficient (Wildman–Crippen LogP) is 3.17. The van der Waals surface area contributed by atoms with Crippen molar-refractivity contribution in [2.75, 3.05) is 0 Å². The Bertz CT molecular complexity index is 793. The fourth-order valence-corrected chi connectivity index (χ4v) is 2.30. The summed E-state index contributed by atoms with van der Waals surface area (Å²) in [6, 6.07) is 18.2. The van der Waals surface area contributed by atoms with Gasteiger partial charge in [0.05, 0.1) is 6.21 Å². The molecule has 3 rings (SSSR count). The van der Waals surface area contributed by atoms with Gasteiger partial charge in [0.2, 0.25) is 0 Å². The van der Waals surface area contributed by atoms with Gasteiger partial charge in [0, 0.05) is 29.2 Å². The van der Waals surface area contributed by atoms with Crippen molar-refractivity contribution in [1.29, 1.82) is 0 Å². The Kier molecular flexibility index (Phi) is 4.46. The molecule has 0 spiro atoms. The maximum Gasteiger partial charge on any atom is 0.187 e. The molecule has 5 heteroatoms. The number of benzene rings is 2. The van der Waals surface area contributed by atoms with Crippen LogP contribution in [0.25, 0.3) is 10.9 Å². The number of H-pyrrole nitrogens is 1. The topological polar surface area (TPSA) is 52.2 Å². The number of thiocarbonyl (C=S) groups is 1. The Labute approximate surface area is 134 Å². The molecule has 0 aliphatic carbocycles. The second kappa shape index (κ2) is 6.87. The zero-order valence-electron chi connectivity index (χ0n) is 11.9. The third-order valence-corrected chi connectivity index (χ3v) is 3.52. The summed E-state index contributed by atoms with van der Waals surface area (Å²) < 4.78 is 0. The summed E-state index contributed by atoms with van der Waals surface area (Å²) in [6.45, 7) is 0.676. The summed E-state index contributed by atoms with van der Waals surface area (Å²) in [7, 11) is 0. The van der Waals surface area contributed by atoms with E-state index in [1.165, 1.54) is 5.56 Å². The largest absolute Gasteiger partial charge is 0.361 e. The third-order valence-electron chi connectivity index (χ3n) is 3.29. The molecule has 3 N–H and O–H groups in total. The van der Waals surface area contributed by atoms with Crippen molar-refractivity contribution in [1.82, 2.24) is 15.7 Å². The molecule has 4 nitrogen and oxygen atoms in total. The number of hydrazone groups is 1. The van der Waals surface area contributed by atoms with Crippen LogP contribution in [0.2, 0.25) is 0 Å². The van der Waals surface area contributed by atoms with Crippen molar-refractivity contribution >= 4 is 34.4 Å². The molecule has 1 aromatic heterocycles. The first-order chi connectivity index (χ1) is 10.8. The average molecular weight is 308 g/mol. The van der Waals surface area contributed by atoms with E-state index < -0.39 is 0 Å². The van der Waals surface area contributed by atoms with Gasteiger partial charge in [0.1, 0.15) is 0 Å². The van der Waals surface area contributed by atoms with Crippen LogP contribution < -0.4 is 10.7 Å². The van der Waals surface area contributed by atoms with Crippen molar-refractivity contribution in [3.05, 3.63) is 71.9 Å². The van der Waals surface area contributed by atoms with Crippen LogP contribution >= 0.6 is 12.2 Å². The van der Waals surface area contributed by atoms with Crippen LogP contribution in [-0.2, 0) is 6.54 Å². The highest BCUT2D eigenvalue weighted by molar-refractivity contribution is 7.80. The molecule has 0 unspecified atom stereocenters. The maximum atomic E-state index is 5.20. The lowest BCUT2D eigenvalue weighted by molar-refractivity contribution is 0.869. The molecule has 0 radical (unpaired) electrons. The van der Waals surface area contributed by atoms with E-state index in [-0.39, 0.29) is 0 Å². The zero-order valence-corrected chi connectivity index (χ0v) is 12.7. The molecule has 2 aromatic carbocycles. The first kappa shape index (κ1) is 14.3. The number of para-hydroxylation sites is 1. The van der Waals surface area contributed by atoms with E-state index in [1.807, 2.05) is 54.7 Å². The first-order valence-electron chi connectivity index (χ1n) is 7.00. The fraction of sp³-hybridized carbons (Fsp3) is 0.0588. The number of nitrogens with one attached hydrogen (secondary N) is 3. The molecule has 0 amide bonds. The van der Waals surface area contributed by atoms with Crippen LogP contribution in [0.4, 0.5) is 0 Å². The Morgan fingerprint density at radius 2 is 1.86 bits per heavy atom. The molecule has 3 aromatic rings. The molecule has 0 aliphatic heterocycles. The lowest BCUT2D eigenvalue weighted by Crippen LogP contribution is -2.31. The maximum absolute atomic E-state index is 5.20. The number of fused-ring (bicyclic) bond motifs is 1. The average Bonchev–Trinajstić information content (AvgIpc) is 2.97. The number of hydrogen-bond donors (Lipinski definition) is 3. The predicted molar refractivity (Wildman–Crippen MR) is 94.9 cm³/mol. The van der Waals surface area contributed by atoms with Gasteiger partial charge in [-0.25, -0.2) is 0 Å². The van der Waals surface area contributed by atoms with E-state index in [2.05, 4.69) is 26.9 Å². The van der Waals surface area contributed by atoms with Gasteiger partial charge < -0.3 is 10.3 Å². The summed E-state index contributed by atoms with van der Waals surface area (Å²) in [5.74, 6) is 0. The molecule has 0 bridgehead atoms. The second-order valence-corrected chi connectivity index (χ2v) is 5.24. The van der Waals surface area contributed by atoms with Gasteiger partial charge in [0.25, 0.3) is 0 Å². The lowest BCUT2D eigenvalue weighted by Gasteiger charge is -2.06. The molecule has 0 saturated carbocycles. The van der Waals surface area contributed by atoms with Gasteiger partial charge in [-0.3, -0.25) is 5.43 Å². The molecule has 110 valence electrons. The van der Waals surface area contributed by atoms with Crippen LogP contribution in [0.1, 0.15) is 11.1 Å². The summed E-state index contributed by atoms with van der Waals surface area (Å²) >= 11 is 5.20. The van der Waals surface area contributed by atoms with Gasteiger partial charge >= 0.3 is 0 Å². The Morgan fingerprint density at radius 1 is 1.09 bits per heavy atom. The first-order valence-corrected chi connectivity index (χ1v) is 7.41. The smallest absolute Gasteiger partial charge is 0.187 e. The Morgan fingerprint density at radius 3 is 2.73 bits per heavy atom. The molecule has 0 saturated heterocycles. The van der Waals surface area contributed by atoms with Crippen LogP contribution in [0, 0.1) is 0 Å². The fourth-order valence-electron chi connectivity index (χ4n) is 2.18. The monoisotopic (exact) mass is 308 g/mol. The molecule has 0 aliphatic rings. The Hall–Kier alpha value is -2.66. The highest BCUT2D eigenvalue weighted by Crippen LogP contribution is 2.15. The second-order valence-electron chi connectivity index (χ2n) is 4.83. The van der Waals surface area contributed by atoms with E-state index in [9.17, 15) is 0 Å². The lowest BCUT2D eigenvalue weighted by atomic mass is 10.2. The van der Waals surface area contributed by atoms with Gasteiger partial charge in [0.15, 0.2) is 5.11 Å². The minimum atomic E-state index is 0.500. The molecule has 22 heavy (non-hydrogen) atoms. The van der Waals surface area contributed by atoms with Crippen molar-refractivity contribution in [3.8, 4) is 0 Å². The van der Waals surface area contributed by atoms with Gasteiger partial charge in [-0.1, -0.05) is 48.5 Å². The Balaban J connectivity index is 1.54. The van der Waals surface area contributed by atoms with E-state index in [4.69, 9.17) is 12.2 Å². The summed E-state index contributed by atoms with van der Waals surface area (Å²) in [5, 5.41) is 8.93. The minimum absolute atomic E-state index is 0.500. The highest BCUT2D eigenvalue weighted by atomic mass is 32.1. The zero-order chi connectivity index (χ0) is 15.2. The van der Waals surface area contributed by atoms with Crippen molar-refractivity contribution in [3.63, 3.8) is 0 Å². The van der Waals surface area contributed by atoms with Crippen LogP contribution in [0.3, 0.4) is 0 Å². The van der Waals surface area contributed by atoms with Crippen molar-refractivity contribution < 1.29 is 0 Å². The number of nitrogens with zero attached hydrogens (tertiary/aromatic N) is 1. The molecular formula is C17H16N4S. The van der Waals surface area contributed by atoms with Crippen molar-refractivity contribution in [2.45, 2.75) is 6.54 Å². The van der Waals surface area contributed by atoms with Gasteiger partial charge in [-0.2, -0.15) is 5.10 Å². The number of hydrogen-bond acceptors (Lipinski definition) is 2. The van der Waals surface area contributed by atoms with E-state index in [1.54, 1.807) is 6.21 Å². The molecule has 1 heterocycles. The normalized spacial score (nSPS) is 10.9. The van der Waals surface area contributed by atoms with Gasteiger partial charge in [-0.15, -0.1) is 0 Å². The number of aromatic nitrogens is 1. The van der Waals surface area contributed by atoms with Crippen LogP contribution in [0.15, 0.2) is 65.9 Å².